The van der Waals surface area contributed by atoms with Gasteiger partial charge < -0.3 is 14.7 Å². The number of nitrogens with zero attached hydrogens (tertiary/aromatic N) is 3. The van der Waals surface area contributed by atoms with Crippen molar-refractivity contribution in [2.45, 2.75) is 19.4 Å². The number of aryl methyl sites for hydroxylation is 1. The van der Waals surface area contributed by atoms with E-state index in [0.29, 0.717) is 52.3 Å². The molecule has 3 heterocycles. The number of aliphatic hydroxyl groups excluding tert-OH is 1. The zero-order valence-corrected chi connectivity index (χ0v) is 22.1. The van der Waals surface area contributed by atoms with E-state index in [-0.39, 0.29) is 11.4 Å². The minimum atomic E-state index is -0.731. The first-order valence-electron chi connectivity index (χ1n) is 12.3. The number of carbonyl (C=O) groups excluding carboxylic acids is 2. The van der Waals surface area contributed by atoms with Crippen molar-refractivity contribution < 1.29 is 19.4 Å². The maximum atomic E-state index is 13.9. The lowest BCUT2D eigenvalue weighted by Crippen LogP contribution is -2.39. The summed E-state index contributed by atoms with van der Waals surface area (Å²) < 4.78 is 5.42. The van der Waals surface area contributed by atoms with E-state index in [4.69, 9.17) is 16.3 Å². The van der Waals surface area contributed by atoms with Crippen molar-refractivity contribution in [2.24, 2.45) is 0 Å². The van der Waals surface area contributed by atoms with Gasteiger partial charge in [-0.05, 0) is 31.0 Å². The zero-order valence-electron chi connectivity index (χ0n) is 20.5. The van der Waals surface area contributed by atoms with Crippen molar-refractivity contribution in [3.8, 4) is 10.6 Å². The highest BCUT2D eigenvalue weighted by atomic mass is 35.5. The molecule has 2 aliphatic rings. The number of morpholine rings is 1. The number of halogens is 1. The Hall–Kier alpha value is -3.04. The number of Topliss-reactive ketones (excluding diaryl/α,β-unsaturated/α-hetero) is 1. The molecular formula is C28H28ClN3O4S. The average Bonchev–Trinajstić information content (AvgIpc) is 3.42. The maximum absolute atomic E-state index is 13.9. The summed E-state index contributed by atoms with van der Waals surface area (Å²) in [5.74, 6) is -1.43. The van der Waals surface area contributed by atoms with Crippen LogP contribution in [0, 0.1) is 6.92 Å². The summed E-state index contributed by atoms with van der Waals surface area (Å²) in [6, 6.07) is 16.0. The number of hydrogen-bond acceptors (Lipinski definition) is 7. The molecule has 192 valence electrons. The van der Waals surface area contributed by atoms with E-state index in [9.17, 15) is 14.7 Å². The minimum Gasteiger partial charge on any atom is -0.503 e. The molecule has 1 aromatic heterocycles. The van der Waals surface area contributed by atoms with Gasteiger partial charge in [-0.2, -0.15) is 0 Å². The predicted molar refractivity (Wildman–Crippen MR) is 144 cm³/mol. The van der Waals surface area contributed by atoms with Gasteiger partial charge in [0.05, 0.1) is 35.4 Å². The fraction of sp³-hybridized carbons (Fsp3) is 0.321. The quantitative estimate of drug-likeness (QED) is 0.404. The summed E-state index contributed by atoms with van der Waals surface area (Å²) in [6.07, 6.45) is 0.704. The standard InChI is InChI=1S/C28H28ClN3O4S/c1-18-26(37-27(30-18)19-7-3-2-4-8-19)24(33)22-23(20-9-5-10-21(29)17-20)32(28(35)25(22)34)12-6-11-31-13-15-36-16-14-31/h2-5,7-10,17,23,34H,6,11-16H2,1H3. The van der Waals surface area contributed by atoms with Crippen molar-refractivity contribution in [3.05, 3.63) is 87.1 Å². The lowest BCUT2D eigenvalue weighted by atomic mass is 9.95. The SMILES string of the molecule is Cc1nc(-c2ccccc2)sc1C(=O)C1=C(O)C(=O)N(CCCN2CCOCC2)C1c1cccc(Cl)c1. The van der Waals surface area contributed by atoms with Crippen molar-refractivity contribution in [1.82, 2.24) is 14.8 Å². The molecule has 1 amide bonds. The molecule has 0 radical (unpaired) electrons. The Morgan fingerprint density at radius 2 is 1.89 bits per heavy atom. The molecule has 37 heavy (non-hydrogen) atoms. The highest BCUT2D eigenvalue weighted by Crippen LogP contribution is 2.41. The normalized spacial score (nSPS) is 18.6. The molecule has 1 N–H and O–H groups in total. The molecule has 2 aliphatic heterocycles. The fourth-order valence-electron chi connectivity index (χ4n) is 4.86. The topological polar surface area (TPSA) is 83.0 Å². The van der Waals surface area contributed by atoms with Crippen molar-refractivity contribution in [1.29, 1.82) is 0 Å². The number of amides is 1. The molecule has 7 nitrogen and oxygen atoms in total. The van der Waals surface area contributed by atoms with E-state index >= 15 is 0 Å². The van der Waals surface area contributed by atoms with E-state index in [1.165, 1.54) is 11.3 Å². The molecule has 2 aromatic carbocycles. The number of rotatable bonds is 8. The second-order valence-electron chi connectivity index (χ2n) is 9.15. The van der Waals surface area contributed by atoms with E-state index in [1.807, 2.05) is 36.4 Å². The smallest absolute Gasteiger partial charge is 0.290 e. The van der Waals surface area contributed by atoms with Crippen LogP contribution in [0.15, 0.2) is 65.9 Å². The summed E-state index contributed by atoms with van der Waals surface area (Å²) >= 11 is 7.57. The van der Waals surface area contributed by atoms with Crippen molar-refractivity contribution in [3.63, 3.8) is 0 Å². The number of ether oxygens (including phenoxy) is 1. The van der Waals surface area contributed by atoms with E-state index in [0.717, 1.165) is 25.2 Å². The Kier molecular flexibility index (Phi) is 7.71. The number of benzene rings is 2. The molecule has 1 fully saturated rings. The van der Waals surface area contributed by atoms with Crippen molar-refractivity contribution in [2.75, 3.05) is 39.4 Å². The number of ketones is 1. The third kappa shape index (κ3) is 5.33. The van der Waals surface area contributed by atoms with Crippen LogP contribution in [0.1, 0.15) is 33.4 Å². The fourth-order valence-corrected chi connectivity index (χ4v) is 6.09. The highest BCUT2D eigenvalue weighted by molar-refractivity contribution is 7.17. The molecule has 0 saturated carbocycles. The molecule has 0 aliphatic carbocycles. The van der Waals surface area contributed by atoms with Crippen LogP contribution < -0.4 is 0 Å². The first-order chi connectivity index (χ1) is 17.9. The monoisotopic (exact) mass is 537 g/mol. The van der Waals surface area contributed by atoms with E-state index < -0.39 is 17.7 Å². The third-order valence-corrected chi connectivity index (χ3v) is 8.15. The van der Waals surface area contributed by atoms with E-state index in [2.05, 4.69) is 9.88 Å². The lowest BCUT2D eigenvalue weighted by molar-refractivity contribution is -0.129. The van der Waals surface area contributed by atoms with Crippen LogP contribution in [0.2, 0.25) is 5.02 Å². The van der Waals surface area contributed by atoms with Crippen LogP contribution >= 0.6 is 22.9 Å². The van der Waals surface area contributed by atoms with Crippen LogP contribution in [0.25, 0.3) is 10.6 Å². The molecule has 9 heteroatoms. The summed E-state index contributed by atoms with van der Waals surface area (Å²) in [7, 11) is 0. The number of aliphatic hydroxyl groups is 1. The summed E-state index contributed by atoms with van der Waals surface area (Å²) in [5.41, 5.74) is 2.23. The number of thiazole rings is 1. The van der Waals surface area contributed by atoms with Crippen LogP contribution in [-0.2, 0) is 9.53 Å². The summed E-state index contributed by atoms with van der Waals surface area (Å²) in [5, 5.41) is 12.2. The lowest BCUT2D eigenvalue weighted by Gasteiger charge is -2.30. The molecule has 0 bridgehead atoms. The van der Waals surface area contributed by atoms with Gasteiger partial charge in [0.1, 0.15) is 5.01 Å². The largest absolute Gasteiger partial charge is 0.503 e. The predicted octanol–water partition coefficient (Wildman–Crippen LogP) is 5.07. The van der Waals surface area contributed by atoms with Crippen LogP contribution in [0.3, 0.4) is 0 Å². The first kappa shape index (κ1) is 25.6. The molecule has 3 aromatic rings. The number of carbonyl (C=O) groups is 2. The van der Waals surface area contributed by atoms with Crippen LogP contribution in [0.4, 0.5) is 0 Å². The van der Waals surface area contributed by atoms with Gasteiger partial charge in [-0.15, -0.1) is 11.3 Å². The summed E-state index contributed by atoms with van der Waals surface area (Å²) in [4.78, 5) is 36.1. The van der Waals surface area contributed by atoms with Crippen LogP contribution in [-0.4, -0.2) is 71.0 Å². The Labute approximate surface area is 225 Å². The first-order valence-corrected chi connectivity index (χ1v) is 13.5. The molecule has 5 rings (SSSR count). The van der Waals surface area contributed by atoms with E-state index in [1.54, 1.807) is 30.0 Å². The minimum absolute atomic E-state index is 0.0741. The van der Waals surface area contributed by atoms with Gasteiger partial charge in [0.15, 0.2) is 5.76 Å². The van der Waals surface area contributed by atoms with Gasteiger partial charge in [0, 0.05) is 36.8 Å². The second kappa shape index (κ2) is 11.1. The van der Waals surface area contributed by atoms with Crippen LogP contribution in [0.5, 0.6) is 0 Å². The Morgan fingerprint density at radius 3 is 2.62 bits per heavy atom. The summed E-state index contributed by atoms with van der Waals surface area (Å²) in [6.45, 7) is 6.08. The zero-order chi connectivity index (χ0) is 25.9. The number of aromatic nitrogens is 1. The third-order valence-electron chi connectivity index (χ3n) is 6.71. The van der Waals surface area contributed by atoms with Gasteiger partial charge in [0.2, 0.25) is 5.78 Å². The Morgan fingerprint density at radius 1 is 1.14 bits per heavy atom. The highest BCUT2D eigenvalue weighted by Gasteiger charge is 2.44. The van der Waals surface area contributed by atoms with Gasteiger partial charge in [-0.1, -0.05) is 54.1 Å². The van der Waals surface area contributed by atoms with Gasteiger partial charge >= 0.3 is 0 Å². The molecule has 0 spiro atoms. The van der Waals surface area contributed by atoms with Gasteiger partial charge in [-0.25, -0.2) is 4.98 Å². The maximum Gasteiger partial charge on any atom is 0.290 e. The Balaban J connectivity index is 1.46. The Bertz CT molecular complexity index is 1330. The molecular weight excluding hydrogens is 510 g/mol. The van der Waals surface area contributed by atoms with Gasteiger partial charge in [0.25, 0.3) is 5.91 Å². The molecule has 1 saturated heterocycles. The molecule has 1 atom stereocenters. The number of hydrogen-bond donors (Lipinski definition) is 1. The van der Waals surface area contributed by atoms with Gasteiger partial charge in [-0.3, -0.25) is 14.5 Å². The second-order valence-corrected chi connectivity index (χ2v) is 10.6. The molecule has 1 unspecified atom stereocenters. The average molecular weight is 538 g/mol. The van der Waals surface area contributed by atoms with Crippen molar-refractivity contribution >= 4 is 34.6 Å².